The molecule has 2 unspecified atom stereocenters. The summed E-state index contributed by atoms with van der Waals surface area (Å²) in [5, 5.41) is 3.00. The predicted octanol–water partition coefficient (Wildman–Crippen LogP) is 3.80. The van der Waals surface area contributed by atoms with Crippen LogP contribution in [0.4, 0.5) is 5.69 Å². The number of nitrogens with zero attached hydrogens (tertiary/aromatic N) is 1. The van der Waals surface area contributed by atoms with Crippen molar-refractivity contribution in [3.63, 3.8) is 0 Å². The van der Waals surface area contributed by atoms with Gasteiger partial charge in [-0.2, -0.15) is 0 Å². The Bertz CT molecular complexity index is 668. The number of amides is 1. The fourth-order valence-electron chi connectivity index (χ4n) is 2.84. The van der Waals surface area contributed by atoms with Crippen LogP contribution in [0.5, 0.6) is 0 Å². The predicted molar refractivity (Wildman–Crippen MR) is 104 cm³/mol. The van der Waals surface area contributed by atoms with Crippen LogP contribution in [-0.4, -0.2) is 23.9 Å². The van der Waals surface area contributed by atoms with Crippen molar-refractivity contribution in [1.29, 1.82) is 0 Å². The maximum atomic E-state index is 12.6. The van der Waals surface area contributed by atoms with E-state index in [2.05, 4.69) is 30.1 Å². The van der Waals surface area contributed by atoms with Gasteiger partial charge in [-0.3, -0.25) is 9.69 Å². The summed E-state index contributed by atoms with van der Waals surface area (Å²) in [5.74, 6) is -0.370. The Morgan fingerprint density at radius 1 is 1.08 bits per heavy atom. The fourth-order valence-corrected chi connectivity index (χ4v) is 2.84. The van der Waals surface area contributed by atoms with E-state index < -0.39 is 0 Å². The minimum Gasteiger partial charge on any atom is -0.326 e. The van der Waals surface area contributed by atoms with Crippen LogP contribution in [0.25, 0.3) is 0 Å². The Morgan fingerprint density at radius 3 is 2.40 bits per heavy atom. The van der Waals surface area contributed by atoms with Crippen molar-refractivity contribution in [2.75, 3.05) is 18.4 Å². The first-order valence-electron chi connectivity index (χ1n) is 8.97. The maximum Gasteiger partial charge on any atom is 0.229 e. The molecule has 0 saturated heterocycles. The van der Waals surface area contributed by atoms with Crippen molar-refractivity contribution in [2.24, 2.45) is 11.7 Å². The van der Waals surface area contributed by atoms with Gasteiger partial charge >= 0.3 is 0 Å². The number of rotatable bonds is 8. The molecule has 0 aliphatic rings. The monoisotopic (exact) mass is 339 g/mol. The Balaban J connectivity index is 2.02. The molecule has 0 spiro atoms. The number of carbonyl (C=O) groups is 1. The molecule has 4 nitrogen and oxygen atoms in total. The van der Waals surface area contributed by atoms with E-state index in [0.29, 0.717) is 0 Å². The van der Waals surface area contributed by atoms with Crippen LogP contribution in [0.3, 0.4) is 0 Å². The second kappa shape index (κ2) is 9.35. The molecule has 134 valence electrons. The van der Waals surface area contributed by atoms with E-state index in [1.54, 1.807) is 0 Å². The first kappa shape index (κ1) is 19.2. The second-order valence-corrected chi connectivity index (χ2v) is 6.38. The lowest BCUT2D eigenvalue weighted by atomic mass is 9.94. The number of nitrogens with two attached hydrogens (primary N) is 1. The van der Waals surface area contributed by atoms with E-state index in [1.807, 2.05) is 55.5 Å². The van der Waals surface area contributed by atoms with Gasteiger partial charge in [0, 0.05) is 18.3 Å². The summed E-state index contributed by atoms with van der Waals surface area (Å²) in [4.78, 5) is 14.9. The summed E-state index contributed by atoms with van der Waals surface area (Å²) in [6.45, 7) is 9.08. The molecule has 0 radical (unpaired) electrons. The van der Waals surface area contributed by atoms with Crippen molar-refractivity contribution in [3.05, 3.63) is 65.7 Å². The number of anilines is 1. The molecule has 0 aliphatic heterocycles. The number of benzene rings is 2. The molecule has 2 aromatic rings. The van der Waals surface area contributed by atoms with Crippen molar-refractivity contribution in [2.45, 2.75) is 33.4 Å². The van der Waals surface area contributed by atoms with Crippen LogP contribution in [0, 0.1) is 5.92 Å². The highest BCUT2D eigenvalue weighted by Gasteiger charge is 2.22. The van der Waals surface area contributed by atoms with Crippen molar-refractivity contribution in [3.8, 4) is 0 Å². The molecule has 2 rings (SSSR count). The molecule has 2 aromatic carbocycles. The topological polar surface area (TPSA) is 58.4 Å². The third kappa shape index (κ3) is 5.41. The van der Waals surface area contributed by atoms with Gasteiger partial charge in [-0.15, -0.1) is 0 Å². The Kier molecular flexibility index (Phi) is 7.16. The van der Waals surface area contributed by atoms with E-state index in [0.717, 1.165) is 30.9 Å². The first-order chi connectivity index (χ1) is 12.0. The Labute approximate surface area is 151 Å². The van der Waals surface area contributed by atoms with Crippen LogP contribution in [0.15, 0.2) is 54.6 Å². The van der Waals surface area contributed by atoms with Gasteiger partial charge in [-0.25, -0.2) is 0 Å². The average Bonchev–Trinajstić information content (AvgIpc) is 2.65. The molecule has 0 aliphatic carbocycles. The first-order valence-corrected chi connectivity index (χ1v) is 8.97. The van der Waals surface area contributed by atoms with Crippen LogP contribution < -0.4 is 11.1 Å². The number of hydrogen-bond donors (Lipinski definition) is 2. The smallest absolute Gasteiger partial charge is 0.229 e. The van der Waals surface area contributed by atoms with Gasteiger partial charge < -0.3 is 11.1 Å². The molecule has 3 N–H and O–H groups in total. The van der Waals surface area contributed by atoms with Gasteiger partial charge in [0.1, 0.15) is 0 Å². The Morgan fingerprint density at radius 2 is 1.76 bits per heavy atom. The van der Waals surface area contributed by atoms with E-state index in [1.165, 1.54) is 5.56 Å². The van der Waals surface area contributed by atoms with Gasteiger partial charge in [-0.1, -0.05) is 63.2 Å². The molecule has 0 saturated carbocycles. The minimum absolute atomic E-state index is 0.0589. The Hall–Kier alpha value is -2.17. The number of carbonyl (C=O) groups excluding carboxylic acids is 1. The average molecular weight is 339 g/mol. The van der Waals surface area contributed by atoms with E-state index in [4.69, 9.17) is 5.73 Å². The quantitative estimate of drug-likeness (QED) is 0.769. The van der Waals surface area contributed by atoms with Gasteiger partial charge in [0.05, 0.1) is 5.92 Å². The van der Waals surface area contributed by atoms with Crippen LogP contribution in [0.1, 0.15) is 37.9 Å². The van der Waals surface area contributed by atoms with E-state index in [9.17, 15) is 4.79 Å². The van der Waals surface area contributed by atoms with Gasteiger partial charge in [0.2, 0.25) is 5.91 Å². The van der Waals surface area contributed by atoms with E-state index >= 15 is 0 Å². The van der Waals surface area contributed by atoms with Crippen LogP contribution in [0.2, 0.25) is 0 Å². The highest BCUT2D eigenvalue weighted by molar-refractivity contribution is 5.92. The molecule has 4 heteroatoms. The van der Waals surface area contributed by atoms with Crippen molar-refractivity contribution in [1.82, 2.24) is 4.90 Å². The summed E-state index contributed by atoms with van der Waals surface area (Å²) in [7, 11) is 0. The molecule has 1 amide bonds. The number of hydrogen-bond acceptors (Lipinski definition) is 3. The SMILES string of the molecule is CCN(CC)Cc1cccc(NC(=O)C(C)C(N)c2ccccc2)c1. The van der Waals surface area contributed by atoms with E-state index in [-0.39, 0.29) is 17.9 Å². The minimum atomic E-state index is -0.319. The van der Waals surface area contributed by atoms with Crippen LogP contribution >= 0.6 is 0 Å². The number of nitrogens with one attached hydrogen (secondary N) is 1. The largest absolute Gasteiger partial charge is 0.326 e. The lowest BCUT2D eigenvalue weighted by Crippen LogP contribution is -2.30. The normalized spacial score (nSPS) is 13.5. The zero-order valence-electron chi connectivity index (χ0n) is 15.4. The molecule has 0 fully saturated rings. The molecule has 25 heavy (non-hydrogen) atoms. The lowest BCUT2D eigenvalue weighted by Gasteiger charge is -2.21. The van der Waals surface area contributed by atoms with Gasteiger partial charge in [-0.05, 0) is 36.3 Å². The lowest BCUT2D eigenvalue weighted by molar-refractivity contribution is -0.120. The highest BCUT2D eigenvalue weighted by atomic mass is 16.1. The molecule has 2 atom stereocenters. The fraction of sp³-hybridized carbons (Fsp3) is 0.381. The molecule has 0 heterocycles. The molecule has 0 bridgehead atoms. The summed E-state index contributed by atoms with van der Waals surface area (Å²) >= 11 is 0. The summed E-state index contributed by atoms with van der Waals surface area (Å²) in [6, 6.07) is 17.5. The van der Waals surface area contributed by atoms with Crippen molar-refractivity contribution >= 4 is 11.6 Å². The van der Waals surface area contributed by atoms with Crippen LogP contribution in [-0.2, 0) is 11.3 Å². The third-order valence-electron chi connectivity index (χ3n) is 4.63. The molecular weight excluding hydrogens is 310 g/mol. The van der Waals surface area contributed by atoms with Gasteiger partial charge in [0.25, 0.3) is 0 Å². The highest BCUT2D eigenvalue weighted by Crippen LogP contribution is 2.21. The maximum absolute atomic E-state index is 12.6. The summed E-state index contributed by atoms with van der Waals surface area (Å²) < 4.78 is 0. The standard InChI is InChI=1S/C21H29N3O/c1-4-24(5-2)15-17-10-9-13-19(14-17)23-21(25)16(3)20(22)18-11-7-6-8-12-18/h6-14,16,20H,4-5,15,22H2,1-3H3,(H,23,25). The molecular formula is C21H29N3O. The third-order valence-corrected chi connectivity index (χ3v) is 4.63. The van der Waals surface area contributed by atoms with Gasteiger partial charge in [0.15, 0.2) is 0 Å². The zero-order chi connectivity index (χ0) is 18.2. The van der Waals surface area contributed by atoms with Crippen molar-refractivity contribution < 1.29 is 4.79 Å². The summed E-state index contributed by atoms with van der Waals surface area (Å²) in [6.07, 6.45) is 0. The summed E-state index contributed by atoms with van der Waals surface area (Å²) in [5.41, 5.74) is 9.25. The zero-order valence-corrected chi connectivity index (χ0v) is 15.4. The second-order valence-electron chi connectivity index (χ2n) is 6.38. The molecule has 0 aromatic heterocycles.